The van der Waals surface area contributed by atoms with Crippen LogP contribution in [0, 0.1) is 5.92 Å². The first-order valence-corrected chi connectivity index (χ1v) is 6.95. The van der Waals surface area contributed by atoms with Crippen LogP contribution in [0.5, 0.6) is 0 Å². The van der Waals surface area contributed by atoms with Gasteiger partial charge in [-0.15, -0.1) is 12.4 Å². The van der Waals surface area contributed by atoms with Crippen LogP contribution in [0.2, 0.25) is 0 Å². The van der Waals surface area contributed by atoms with Gasteiger partial charge in [0.25, 0.3) is 0 Å². The summed E-state index contributed by atoms with van der Waals surface area (Å²) in [6.07, 6.45) is 2.55. The van der Waals surface area contributed by atoms with Gasteiger partial charge in [0.05, 0.1) is 6.42 Å². The molecule has 2 amide bonds. The average molecular weight is 312 g/mol. The van der Waals surface area contributed by atoms with E-state index in [1.54, 1.807) is 0 Å². The van der Waals surface area contributed by atoms with Gasteiger partial charge < -0.3 is 16.4 Å². The monoisotopic (exact) mass is 311 g/mol. The van der Waals surface area contributed by atoms with Crippen molar-refractivity contribution in [2.45, 2.75) is 25.7 Å². The summed E-state index contributed by atoms with van der Waals surface area (Å²) in [5.41, 5.74) is 12.5. The number of hydrogen-bond donors (Lipinski definition) is 2. The number of likely N-dealkylation sites (tertiary alicyclic amines) is 1. The second-order valence-corrected chi connectivity index (χ2v) is 5.41. The fourth-order valence-electron chi connectivity index (χ4n) is 2.59. The molecule has 21 heavy (non-hydrogen) atoms. The molecule has 4 N–H and O–H groups in total. The zero-order valence-corrected chi connectivity index (χ0v) is 12.8. The van der Waals surface area contributed by atoms with Crippen LogP contribution in [0.1, 0.15) is 24.8 Å². The van der Waals surface area contributed by atoms with Crippen molar-refractivity contribution < 1.29 is 9.59 Å². The molecule has 1 aliphatic rings. The lowest BCUT2D eigenvalue weighted by atomic mass is 9.93. The highest BCUT2D eigenvalue weighted by Crippen LogP contribution is 2.20. The summed E-state index contributed by atoms with van der Waals surface area (Å²) in [6, 6.07) is 7.38. The number of primary amides is 1. The Morgan fingerprint density at radius 1 is 1.14 bits per heavy atom. The number of nitrogen functional groups attached to an aromatic ring is 1. The molecule has 0 aliphatic carbocycles. The summed E-state index contributed by atoms with van der Waals surface area (Å²) < 4.78 is 0. The van der Waals surface area contributed by atoms with Crippen LogP contribution < -0.4 is 11.5 Å². The molecule has 0 spiro atoms. The van der Waals surface area contributed by atoms with E-state index in [1.807, 2.05) is 29.2 Å². The number of nitrogens with zero attached hydrogens (tertiary/aromatic N) is 1. The van der Waals surface area contributed by atoms with E-state index in [-0.39, 0.29) is 24.2 Å². The molecule has 0 aromatic heterocycles. The second kappa shape index (κ2) is 7.88. The SMILES string of the molecule is Cl.NC(=O)CC1CCN(C(=O)Cc2ccc(N)cc2)CC1. The van der Waals surface area contributed by atoms with Crippen LogP contribution in [0.15, 0.2) is 24.3 Å². The summed E-state index contributed by atoms with van der Waals surface area (Å²) >= 11 is 0. The lowest BCUT2D eigenvalue weighted by Crippen LogP contribution is -2.40. The molecule has 2 rings (SSSR count). The zero-order valence-electron chi connectivity index (χ0n) is 12.0. The van der Waals surface area contributed by atoms with Crippen LogP contribution in [-0.2, 0) is 16.0 Å². The Morgan fingerprint density at radius 3 is 2.24 bits per heavy atom. The molecule has 1 heterocycles. The van der Waals surface area contributed by atoms with E-state index in [2.05, 4.69) is 0 Å². The first-order chi connectivity index (χ1) is 9.54. The molecule has 0 radical (unpaired) electrons. The predicted molar refractivity (Wildman–Crippen MR) is 84.9 cm³/mol. The van der Waals surface area contributed by atoms with E-state index in [1.165, 1.54) is 0 Å². The van der Waals surface area contributed by atoms with Gasteiger partial charge in [-0.3, -0.25) is 9.59 Å². The quantitative estimate of drug-likeness (QED) is 0.822. The van der Waals surface area contributed by atoms with Crippen LogP contribution in [0.4, 0.5) is 5.69 Å². The molecule has 6 heteroatoms. The van der Waals surface area contributed by atoms with E-state index in [4.69, 9.17) is 11.5 Å². The lowest BCUT2D eigenvalue weighted by molar-refractivity contribution is -0.131. The molecule has 5 nitrogen and oxygen atoms in total. The van der Waals surface area contributed by atoms with Gasteiger partial charge in [-0.1, -0.05) is 12.1 Å². The number of halogens is 1. The maximum absolute atomic E-state index is 12.2. The third-order valence-corrected chi connectivity index (χ3v) is 3.79. The standard InChI is InChI=1S/C15H21N3O2.ClH/c16-13-3-1-11(2-4-13)10-15(20)18-7-5-12(6-8-18)9-14(17)19;/h1-4,12H,5-10,16H2,(H2,17,19);1H. The topological polar surface area (TPSA) is 89.4 Å². The summed E-state index contributed by atoms with van der Waals surface area (Å²) in [7, 11) is 0. The molecule has 1 fully saturated rings. The van der Waals surface area contributed by atoms with Crippen molar-refractivity contribution >= 4 is 29.9 Å². The largest absolute Gasteiger partial charge is 0.399 e. The highest BCUT2D eigenvalue weighted by Gasteiger charge is 2.23. The normalized spacial score (nSPS) is 15.3. The number of hydrogen-bond acceptors (Lipinski definition) is 3. The van der Waals surface area contributed by atoms with Crippen molar-refractivity contribution in [2.24, 2.45) is 11.7 Å². The number of amides is 2. The second-order valence-electron chi connectivity index (χ2n) is 5.41. The Kier molecular flexibility index (Phi) is 6.49. The molecule has 0 bridgehead atoms. The first kappa shape index (κ1) is 17.3. The van der Waals surface area contributed by atoms with E-state index < -0.39 is 0 Å². The molecule has 0 unspecified atom stereocenters. The molecule has 1 aromatic rings. The van der Waals surface area contributed by atoms with Crippen molar-refractivity contribution in [1.82, 2.24) is 4.90 Å². The maximum Gasteiger partial charge on any atom is 0.226 e. The Bertz CT molecular complexity index is 482. The molecule has 0 atom stereocenters. The number of carbonyl (C=O) groups excluding carboxylic acids is 2. The van der Waals surface area contributed by atoms with E-state index in [9.17, 15) is 9.59 Å². The summed E-state index contributed by atoms with van der Waals surface area (Å²) in [5, 5.41) is 0. The van der Waals surface area contributed by atoms with Crippen molar-refractivity contribution in [3.8, 4) is 0 Å². The van der Waals surface area contributed by atoms with Crippen LogP contribution >= 0.6 is 12.4 Å². The minimum absolute atomic E-state index is 0. The van der Waals surface area contributed by atoms with Gasteiger partial charge in [0.2, 0.25) is 11.8 Å². The molecule has 1 aromatic carbocycles. The number of piperidine rings is 1. The van der Waals surface area contributed by atoms with Gasteiger partial charge in [0.15, 0.2) is 0 Å². The number of rotatable bonds is 4. The van der Waals surface area contributed by atoms with Crippen molar-refractivity contribution in [2.75, 3.05) is 18.8 Å². The van der Waals surface area contributed by atoms with E-state index >= 15 is 0 Å². The fourth-order valence-corrected chi connectivity index (χ4v) is 2.59. The average Bonchev–Trinajstić information content (AvgIpc) is 2.41. The summed E-state index contributed by atoms with van der Waals surface area (Å²) in [4.78, 5) is 24.9. The van der Waals surface area contributed by atoms with Crippen molar-refractivity contribution in [3.63, 3.8) is 0 Å². The minimum Gasteiger partial charge on any atom is -0.399 e. The maximum atomic E-state index is 12.2. The molecule has 116 valence electrons. The van der Waals surface area contributed by atoms with Gasteiger partial charge in [-0.05, 0) is 36.5 Å². The van der Waals surface area contributed by atoms with Gasteiger partial charge in [-0.2, -0.15) is 0 Å². The highest BCUT2D eigenvalue weighted by molar-refractivity contribution is 5.85. The third kappa shape index (κ3) is 5.27. The fraction of sp³-hybridized carbons (Fsp3) is 0.467. The molecule has 0 saturated carbocycles. The number of benzene rings is 1. The number of nitrogens with two attached hydrogens (primary N) is 2. The highest BCUT2D eigenvalue weighted by atomic mass is 35.5. The van der Waals surface area contributed by atoms with Crippen LogP contribution in [-0.4, -0.2) is 29.8 Å². The minimum atomic E-state index is -0.253. The van der Waals surface area contributed by atoms with E-state index in [0.29, 0.717) is 37.5 Å². The molecule has 1 saturated heterocycles. The van der Waals surface area contributed by atoms with Gasteiger partial charge in [0.1, 0.15) is 0 Å². The number of anilines is 1. The third-order valence-electron chi connectivity index (χ3n) is 3.79. The van der Waals surface area contributed by atoms with E-state index in [0.717, 1.165) is 18.4 Å². The molecular weight excluding hydrogens is 290 g/mol. The number of carbonyl (C=O) groups is 2. The van der Waals surface area contributed by atoms with Gasteiger partial charge in [-0.25, -0.2) is 0 Å². The Balaban J connectivity index is 0.00000220. The smallest absolute Gasteiger partial charge is 0.226 e. The van der Waals surface area contributed by atoms with Gasteiger partial charge in [0, 0.05) is 25.2 Å². The predicted octanol–water partition coefficient (Wildman–Crippen LogP) is 1.35. The molecular formula is C15H22ClN3O2. The van der Waals surface area contributed by atoms with Crippen molar-refractivity contribution in [3.05, 3.63) is 29.8 Å². The van der Waals surface area contributed by atoms with Crippen LogP contribution in [0.3, 0.4) is 0 Å². The van der Waals surface area contributed by atoms with Gasteiger partial charge >= 0.3 is 0 Å². The zero-order chi connectivity index (χ0) is 14.5. The Hall–Kier alpha value is -1.75. The van der Waals surface area contributed by atoms with Crippen molar-refractivity contribution in [1.29, 1.82) is 0 Å². The van der Waals surface area contributed by atoms with Crippen LogP contribution in [0.25, 0.3) is 0 Å². The Labute approximate surface area is 131 Å². The summed E-state index contributed by atoms with van der Waals surface area (Å²) in [6.45, 7) is 1.43. The lowest BCUT2D eigenvalue weighted by Gasteiger charge is -2.31. The summed E-state index contributed by atoms with van der Waals surface area (Å²) in [5.74, 6) is 0.206. The first-order valence-electron chi connectivity index (χ1n) is 6.95. The molecule has 1 aliphatic heterocycles. The Morgan fingerprint density at radius 2 is 1.71 bits per heavy atom.